The van der Waals surface area contributed by atoms with E-state index in [0.29, 0.717) is 0 Å². The van der Waals surface area contributed by atoms with Crippen molar-refractivity contribution in [2.45, 2.75) is 40.2 Å². The number of nitrogens with one attached hydrogen (secondary N) is 1. The summed E-state index contributed by atoms with van der Waals surface area (Å²) in [5.41, 5.74) is 0. The molecule has 0 saturated carbocycles. The van der Waals surface area contributed by atoms with E-state index in [9.17, 15) is 0 Å². The van der Waals surface area contributed by atoms with Crippen molar-refractivity contribution in [1.82, 2.24) is 10.2 Å². The SMILES string of the molecule is CC.CCC1CNCCN1CC. The molecule has 74 valence electrons. The minimum absolute atomic E-state index is 0.791. The van der Waals surface area contributed by atoms with Crippen molar-refractivity contribution in [1.29, 1.82) is 0 Å². The van der Waals surface area contributed by atoms with Crippen LogP contribution in [0.5, 0.6) is 0 Å². The van der Waals surface area contributed by atoms with Crippen molar-refractivity contribution in [2.24, 2.45) is 0 Å². The van der Waals surface area contributed by atoms with Crippen molar-refractivity contribution in [3.8, 4) is 0 Å². The first kappa shape index (κ1) is 11.9. The Labute approximate surface area is 77.3 Å². The van der Waals surface area contributed by atoms with Crippen LogP contribution >= 0.6 is 0 Å². The highest BCUT2D eigenvalue weighted by Gasteiger charge is 2.17. The Kier molecular flexibility index (Phi) is 7.51. The van der Waals surface area contributed by atoms with Crippen LogP contribution < -0.4 is 5.32 Å². The minimum Gasteiger partial charge on any atom is -0.314 e. The zero-order chi connectivity index (χ0) is 9.40. The van der Waals surface area contributed by atoms with E-state index in [0.717, 1.165) is 6.04 Å². The van der Waals surface area contributed by atoms with Crippen molar-refractivity contribution >= 4 is 0 Å². The van der Waals surface area contributed by atoms with E-state index in [2.05, 4.69) is 24.1 Å². The van der Waals surface area contributed by atoms with Gasteiger partial charge in [-0.1, -0.05) is 27.7 Å². The summed E-state index contributed by atoms with van der Waals surface area (Å²) in [6.07, 6.45) is 1.28. The summed E-state index contributed by atoms with van der Waals surface area (Å²) in [7, 11) is 0. The van der Waals surface area contributed by atoms with Gasteiger partial charge in [0.1, 0.15) is 0 Å². The Hall–Kier alpha value is -0.0800. The Morgan fingerprint density at radius 2 is 2.00 bits per heavy atom. The number of likely N-dealkylation sites (N-methyl/N-ethyl adjacent to an activating group) is 1. The highest BCUT2D eigenvalue weighted by molar-refractivity contribution is 4.77. The van der Waals surface area contributed by atoms with E-state index in [-0.39, 0.29) is 0 Å². The molecule has 1 fully saturated rings. The average molecular weight is 172 g/mol. The third kappa shape index (κ3) is 3.55. The van der Waals surface area contributed by atoms with Gasteiger partial charge in [0.25, 0.3) is 0 Å². The third-order valence-corrected chi connectivity index (χ3v) is 2.35. The summed E-state index contributed by atoms with van der Waals surface area (Å²) >= 11 is 0. The topological polar surface area (TPSA) is 15.3 Å². The highest BCUT2D eigenvalue weighted by atomic mass is 15.2. The summed E-state index contributed by atoms with van der Waals surface area (Å²) in [5.74, 6) is 0. The standard InChI is InChI=1S/C8H18N2.C2H6/c1-3-8-7-9-5-6-10(8)4-2;1-2/h8-9H,3-7H2,1-2H3;1-2H3. The van der Waals surface area contributed by atoms with Crippen LogP contribution in [-0.2, 0) is 0 Å². The van der Waals surface area contributed by atoms with Gasteiger partial charge in [-0.15, -0.1) is 0 Å². The third-order valence-electron chi connectivity index (χ3n) is 2.35. The van der Waals surface area contributed by atoms with Crippen molar-refractivity contribution in [3.63, 3.8) is 0 Å². The molecular formula is C10H24N2. The zero-order valence-electron chi connectivity index (χ0n) is 9.06. The molecule has 1 aliphatic heterocycles. The Morgan fingerprint density at radius 1 is 1.33 bits per heavy atom. The van der Waals surface area contributed by atoms with E-state index >= 15 is 0 Å². The minimum atomic E-state index is 0.791. The molecular weight excluding hydrogens is 148 g/mol. The number of hydrogen-bond acceptors (Lipinski definition) is 2. The van der Waals surface area contributed by atoms with Crippen LogP contribution in [-0.4, -0.2) is 37.1 Å². The van der Waals surface area contributed by atoms with E-state index in [4.69, 9.17) is 0 Å². The van der Waals surface area contributed by atoms with Gasteiger partial charge in [0.15, 0.2) is 0 Å². The molecule has 0 aromatic heterocycles. The maximum atomic E-state index is 3.41. The zero-order valence-corrected chi connectivity index (χ0v) is 9.06. The monoisotopic (exact) mass is 172 g/mol. The molecule has 1 atom stereocenters. The Morgan fingerprint density at radius 3 is 2.42 bits per heavy atom. The van der Waals surface area contributed by atoms with Gasteiger partial charge in [-0.2, -0.15) is 0 Å². The molecule has 2 nitrogen and oxygen atoms in total. The van der Waals surface area contributed by atoms with Gasteiger partial charge in [0.05, 0.1) is 0 Å². The second-order valence-electron chi connectivity index (χ2n) is 2.89. The quantitative estimate of drug-likeness (QED) is 0.682. The molecule has 1 saturated heterocycles. The molecule has 0 radical (unpaired) electrons. The van der Waals surface area contributed by atoms with Crippen LogP contribution in [0, 0.1) is 0 Å². The molecule has 1 unspecified atom stereocenters. The summed E-state index contributed by atoms with van der Waals surface area (Å²) in [6, 6.07) is 0.791. The van der Waals surface area contributed by atoms with Gasteiger partial charge < -0.3 is 5.32 Å². The summed E-state index contributed by atoms with van der Waals surface area (Å²) in [6.45, 7) is 13.3. The lowest BCUT2D eigenvalue weighted by molar-refractivity contribution is 0.165. The van der Waals surface area contributed by atoms with E-state index in [1.807, 2.05) is 13.8 Å². The Balaban J connectivity index is 0.000000561. The lowest BCUT2D eigenvalue weighted by atomic mass is 10.1. The molecule has 0 aliphatic carbocycles. The molecule has 1 aliphatic rings. The largest absolute Gasteiger partial charge is 0.314 e. The fourth-order valence-corrected chi connectivity index (χ4v) is 1.62. The van der Waals surface area contributed by atoms with Crippen molar-refractivity contribution in [3.05, 3.63) is 0 Å². The second kappa shape index (κ2) is 7.56. The lowest BCUT2D eigenvalue weighted by Gasteiger charge is -2.34. The van der Waals surface area contributed by atoms with E-state index < -0.39 is 0 Å². The van der Waals surface area contributed by atoms with Crippen molar-refractivity contribution < 1.29 is 0 Å². The molecule has 0 bridgehead atoms. The molecule has 2 heteroatoms. The summed E-state index contributed by atoms with van der Waals surface area (Å²) < 4.78 is 0. The van der Waals surface area contributed by atoms with Crippen LogP contribution in [0.15, 0.2) is 0 Å². The predicted octanol–water partition coefficient (Wildman–Crippen LogP) is 1.72. The number of rotatable bonds is 2. The smallest absolute Gasteiger partial charge is 0.0218 e. The van der Waals surface area contributed by atoms with Crippen LogP contribution in [0.1, 0.15) is 34.1 Å². The number of hydrogen-bond donors (Lipinski definition) is 1. The Bertz CT molecular complexity index is 81.8. The van der Waals surface area contributed by atoms with Gasteiger partial charge in [-0.3, -0.25) is 4.90 Å². The van der Waals surface area contributed by atoms with Gasteiger partial charge >= 0.3 is 0 Å². The molecule has 0 aromatic carbocycles. The first-order chi connectivity index (χ1) is 5.88. The summed E-state index contributed by atoms with van der Waals surface area (Å²) in [5, 5.41) is 3.41. The molecule has 1 N–H and O–H groups in total. The molecule has 0 spiro atoms. The molecule has 12 heavy (non-hydrogen) atoms. The molecule has 1 heterocycles. The highest BCUT2D eigenvalue weighted by Crippen LogP contribution is 2.05. The van der Waals surface area contributed by atoms with Crippen molar-refractivity contribution in [2.75, 3.05) is 26.2 Å². The van der Waals surface area contributed by atoms with Crippen LogP contribution in [0.2, 0.25) is 0 Å². The summed E-state index contributed by atoms with van der Waals surface area (Å²) in [4.78, 5) is 2.55. The lowest BCUT2D eigenvalue weighted by Crippen LogP contribution is -2.50. The normalized spacial score (nSPS) is 24.5. The average Bonchev–Trinajstić information content (AvgIpc) is 2.20. The van der Waals surface area contributed by atoms with Crippen LogP contribution in [0.3, 0.4) is 0 Å². The van der Waals surface area contributed by atoms with Gasteiger partial charge in [-0.05, 0) is 13.0 Å². The maximum Gasteiger partial charge on any atom is 0.0218 e. The maximum absolute atomic E-state index is 3.41. The molecule has 0 aromatic rings. The predicted molar refractivity (Wildman–Crippen MR) is 55.5 cm³/mol. The molecule has 0 amide bonds. The van der Waals surface area contributed by atoms with E-state index in [1.54, 1.807) is 0 Å². The number of piperazine rings is 1. The number of nitrogens with zero attached hydrogens (tertiary/aromatic N) is 1. The van der Waals surface area contributed by atoms with Gasteiger partial charge in [-0.25, -0.2) is 0 Å². The van der Waals surface area contributed by atoms with Crippen LogP contribution in [0.4, 0.5) is 0 Å². The fourth-order valence-electron chi connectivity index (χ4n) is 1.62. The first-order valence-electron chi connectivity index (χ1n) is 5.33. The van der Waals surface area contributed by atoms with Gasteiger partial charge in [0, 0.05) is 25.7 Å². The fraction of sp³-hybridized carbons (Fsp3) is 1.00. The molecule has 1 rings (SSSR count). The van der Waals surface area contributed by atoms with E-state index in [1.165, 1.54) is 32.6 Å². The second-order valence-corrected chi connectivity index (χ2v) is 2.89. The van der Waals surface area contributed by atoms with Gasteiger partial charge in [0.2, 0.25) is 0 Å². The first-order valence-corrected chi connectivity index (χ1v) is 5.33. The van der Waals surface area contributed by atoms with Crippen LogP contribution in [0.25, 0.3) is 0 Å².